The van der Waals surface area contributed by atoms with Gasteiger partial charge in [-0.15, -0.1) is 0 Å². The molecule has 0 aliphatic heterocycles. The average molecular weight is 252 g/mol. The van der Waals surface area contributed by atoms with Crippen LogP contribution >= 0.6 is 0 Å². The number of aromatic nitrogens is 1. The molecule has 2 N–H and O–H groups in total. The van der Waals surface area contributed by atoms with E-state index >= 15 is 0 Å². The summed E-state index contributed by atoms with van der Waals surface area (Å²) in [5.74, 6) is 0.249. The molecule has 1 aromatic rings. The summed E-state index contributed by atoms with van der Waals surface area (Å²) in [6, 6.07) is 3.36. The van der Waals surface area contributed by atoms with Crippen LogP contribution in [0.2, 0.25) is 0 Å². The second-order valence-electron chi connectivity index (χ2n) is 4.35. The van der Waals surface area contributed by atoms with Crippen LogP contribution < -0.4 is 5.32 Å². The highest BCUT2D eigenvalue weighted by Crippen LogP contribution is 2.16. The average Bonchev–Trinajstić information content (AvgIpc) is 2.39. The van der Waals surface area contributed by atoms with Crippen molar-refractivity contribution in [3.8, 4) is 0 Å². The van der Waals surface area contributed by atoms with Crippen LogP contribution in [0.25, 0.3) is 0 Å². The maximum Gasteiger partial charge on any atom is 0.339 e. The molecule has 0 aliphatic rings. The number of carbonyl (C=O) groups excluding carboxylic acids is 1. The first-order valence-corrected chi connectivity index (χ1v) is 6.07. The van der Waals surface area contributed by atoms with Crippen LogP contribution in [0.3, 0.4) is 0 Å². The fourth-order valence-corrected chi connectivity index (χ4v) is 1.35. The summed E-state index contributed by atoms with van der Waals surface area (Å²) in [4.78, 5) is 15.6. The number of aliphatic hydroxyl groups excluding tert-OH is 1. The topological polar surface area (TPSA) is 71.5 Å². The van der Waals surface area contributed by atoms with E-state index in [4.69, 9.17) is 4.74 Å². The number of nitrogens with one attached hydrogen (secondary N) is 1. The number of anilines is 1. The number of ether oxygens (including phenoxy) is 1. The van der Waals surface area contributed by atoms with Gasteiger partial charge in [-0.2, -0.15) is 0 Å². The Morgan fingerprint density at radius 3 is 2.67 bits per heavy atom. The van der Waals surface area contributed by atoms with Gasteiger partial charge >= 0.3 is 5.97 Å². The van der Waals surface area contributed by atoms with Crippen molar-refractivity contribution in [1.82, 2.24) is 4.98 Å². The Kier molecular flexibility index (Phi) is 5.09. The van der Waals surface area contributed by atoms with Gasteiger partial charge in [0.25, 0.3) is 0 Å². The Balaban J connectivity index is 2.74. The van der Waals surface area contributed by atoms with Crippen molar-refractivity contribution in [3.05, 3.63) is 23.9 Å². The van der Waals surface area contributed by atoms with Crippen LogP contribution in [0, 0.1) is 0 Å². The fraction of sp³-hybridized carbons (Fsp3) is 0.538. The zero-order valence-corrected chi connectivity index (χ0v) is 11.1. The third kappa shape index (κ3) is 3.70. The van der Waals surface area contributed by atoms with Crippen molar-refractivity contribution in [2.75, 3.05) is 18.5 Å². The quantitative estimate of drug-likeness (QED) is 0.756. The summed E-state index contributed by atoms with van der Waals surface area (Å²) in [6.07, 6.45) is 2.23. The molecule has 0 aliphatic carbocycles. The van der Waals surface area contributed by atoms with E-state index in [0.717, 1.165) is 6.42 Å². The molecule has 1 aromatic heterocycles. The monoisotopic (exact) mass is 252 g/mol. The molecule has 0 amide bonds. The first-order chi connectivity index (χ1) is 8.54. The Morgan fingerprint density at radius 1 is 1.50 bits per heavy atom. The normalized spacial score (nSPS) is 13.8. The number of pyridine rings is 1. The van der Waals surface area contributed by atoms with Crippen molar-refractivity contribution in [1.29, 1.82) is 0 Å². The molecule has 1 atom stereocenters. The molecule has 1 unspecified atom stereocenters. The summed E-state index contributed by atoms with van der Waals surface area (Å²) in [5, 5.41) is 12.4. The van der Waals surface area contributed by atoms with Gasteiger partial charge in [-0.25, -0.2) is 9.78 Å². The molecular formula is C13H20N2O3. The molecule has 5 heteroatoms. The van der Waals surface area contributed by atoms with Gasteiger partial charge in [-0.05, 0) is 32.4 Å². The van der Waals surface area contributed by atoms with Crippen LogP contribution in [0.1, 0.15) is 37.6 Å². The van der Waals surface area contributed by atoms with Gasteiger partial charge in [-0.3, -0.25) is 0 Å². The third-order valence-electron chi connectivity index (χ3n) is 2.83. The van der Waals surface area contributed by atoms with Crippen LogP contribution in [0.15, 0.2) is 18.3 Å². The molecule has 5 nitrogen and oxygen atoms in total. The zero-order valence-electron chi connectivity index (χ0n) is 11.1. The number of esters is 1. The lowest BCUT2D eigenvalue weighted by Gasteiger charge is -2.27. The lowest BCUT2D eigenvalue weighted by atomic mass is 10.0. The van der Waals surface area contributed by atoms with E-state index in [9.17, 15) is 9.90 Å². The first kappa shape index (κ1) is 14.4. The number of rotatable bonds is 6. The second-order valence-corrected chi connectivity index (χ2v) is 4.35. The Bertz CT molecular complexity index is 386. The van der Waals surface area contributed by atoms with E-state index in [1.165, 1.54) is 6.20 Å². The van der Waals surface area contributed by atoms with Gasteiger partial charge in [0.05, 0.1) is 24.3 Å². The maximum atomic E-state index is 11.4. The minimum Gasteiger partial charge on any atom is -0.462 e. The molecular weight excluding hydrogens is 232 g/mol. The molecule has 1 heterocycles. The van der Waals surface area contributed by atoms with Crippen LogP contribution in [-0.4, -0.2) is 34.8 Å². The van der Waals surface area contributed by atoms with E-state index in [-0.39, 0.29) is 12.6 Å². The minimum absolute atomic E-state index is 0.0187. The number of hydrogen-bond acceptors (Lipinski definition) is 5. The van der Waals surface area contributed by atoms with Crippen LogP contribution in [0.5, 0.6) is 0 Å². The van der Waals surface area contributed by atoms with Gasteiger partial charge in [-0.1, -0.05) is 6.92 Å². The van der Waals surface area contributed by atoms with Gasteiger partial charge in [0.2, 0.25) is 0 Å². The smallest absolute Gasteiger partial charge is 0.339 e. The molecule has 0 aromatic carbocycles. The Morgan fingerprint density at radius 2 is 2.22 bits per heavy atom. The maximum absolute atomic E-state index is 11.4. The van der Waals surface area contributed by atoms with E-state index in [1.54, 1.807) is 19.1 Å². The predicted octanol–water partition coefficient (Wildman–Crippen LogP) is 1.83. The van der Waals surface area contributed by atoms with Crippen molar-refractivity contribution in [2.24, 2.45) is 0 Å². The summed E-state index contributed by atoms with van der Waals surface area (Å²) in [7, 11) is 0. The van der Waals surface area contributed by atoms with Gasteiger partial charge in [0.1, 0.15) is 5.82 Å². The van der Waals surface area contributed by atoms with Gasteiger partial charge < -0.3 is 15.2 Å². The Hall–Kier alpha value is -1.62. The van der Waals surface area contributed by atoms with Gasteiger partial charge in [0.15, 0.2) is 0 Å². The van der Waals surface area contributed by atoms with Crippen LogP contribution in [0.4, 0.5) is 5.82 Å². The summed E-state index contributed by atoms with van der Waals surface area (Å²) < 4.78 is 4.87. The molecule has 0 saturated carbocycles. The van der Waals surface area contributed by atoms with Crippen molar-refractivity contribution < 1.29 is 14.6 Å². The second kappa shape index (κ2) is 6.35. The number of aliphatic hydroxyl groups is 1. The Labute approximate surface area is 107 Å². The minimum atomic E-state index is -0.404. The highest BCUT2D eigenvalue weighted by Gasteiger charge is 2.20. The molecule has 0 spiro atoms. The fourth-order valence-electron chi connectivity index (χ4n) is 1.35. The highest BCUT2D eigenvalue weighted by molar-refractivity contribution is 5.89. The first-order valence-electron chi connectivity index (χ1n) is 6.07. The summed E-state index contributed by atoms with van der Waals surface area (Å²) >= 11 is 0. The standard InChI is InChI=1S/C13H20N2O3/c1-4-13(3,9-16)15-11-7-6-10(8-14-11)12(17)18-5-2/h6-8,16H,4-5,9H2,1-3H3,(H,14,15). The SMILES string of the molecule is CCOC(=O)c1ccc(NC(C)(CC)CO)nc1. The molecule has 0 radical (unpaired) electrons. The predicted molar refractivity (Wildman–Crippen MR) is 69.6 cm³/mol. The molecule has 100 valence electrons. The molecule has 18 heavy (non-hydrogen) atoms. The third-order valence-corrected chi connectivity index (χ3v) is 2.83. The van der Waals surface area contributed by atoms with E-state index in [1.807, 2.05) is 13.8 Å². The van der Waals surface area contributed by atoms with Crippen LogP contribution in [-0.2, 0) is 4.74 Å². The van der Waals surface area contributed by atoms with Gasteiger partial charge in [0, 0.05) is 6.20 Å². The van der Waals surface area contributed by atoms with E-state index < -0.39 is 5.54 Å². The van der Waals surface area contributed by atoms with Crippen molar-refractivity contribution in [3.63, 3.8) is 0 Å². The number of hydrogen-bond donors (Lipinski definition) is 2. The van der Waals surface area contributed by atoms with Crippen molar-refractivity contribution >= 4 is 11.8 Å². The number of nitrogens with zero attached hydrogens (tertiary/aromatic N) is 1. The van der Waals surface area contributed by atoms with E-state index in [2.05, 4.69) is 10.3 Å². The molecule has 0 saturated heterocycles. The highest BCUT2D eigenvalue weighted by atomic mass is 16.5. The molecule has 0 fully saturated rings. The zero-order chi connectivity index (χ0) is 13.6. The lowest BCUT2D eigenvalue weighted by Crippen LogP contribution is -2.38. The summed E-state index contributed by atoms with van der Waals surface area (Å²) in [6.45, 7) is 6.02. The molecule has 1 rings (SSSR count). The lowest BCUT2D eigenvalue weighted by molar-refractivity contribution is 0.0526. The molecule has 0 bridgehead atoms. The van der Waals surface area contributed by atoms with E-state index in [0.29, 0.717) is 18.0 Å². The largest absolute Gasteiger partial charge is 0.462 e. The van der Waals surface area contributed by atoms with Crippen molar-refractivity contribution in [2.45, 2.75) is 32.7 Å². The summed E-state index contributed by atoms with van der Waals surface area (Å²) in [5.41, 5.74) is 0.0166. The number of carbonyl (C=O) groups is 1.